The van der Waals surface area contributed by atoms with Gasteiger partial charge in [0.1, 0.15) is 11.8 Å². The Morgan fingerprint density at radius 2 is 2.17 bits per heavy atom. The standard InChI is InChI=1S/C17H22N4O2/c1-10-8-11(9-18)15(22)17(2,3)7-5-6-12-13(10)20-21(4)14(12)16(19)23/h8,10H,5-7H2,1-4H3,(H2,19,23). The molecule has 6 heteroatoms. The molecule has 0 saturated heterocycles. The van der Waals surface area contributed by atoms with E-state index in [-0.39, 0.29) is 17.3 Å². The molecule has 0 aliphatic heterocycles. The number of primary amides is 1. The zero-order valence-corrected chi connectivity index (χ0v) is 14.0. The summed E-state index contributed by atoms with van der Waals surface area (Å²) in [5, 5.41) is 13.8. The van der Waals surface area contributed by atoms with Crippen LogP contribution in [-0.2, 0) is 18.3 Å². The SMILES string of the molecule is CC1C=C(C#N)C(=O)C(C)(C)CCCc2c1nn(C)c2C(N)=O. The molecule has 0 bridgehead atoms. The molecule has 1 heterocycles. The van der Waals surface area contributed by atoms with Gasteiger partial charge < -0.3 is 5.73 Å². The Labute approximate surface area is 136 Å². The van der Waals surface area contributed by atoms with Crippen molar-refractivity contribution in [2.45, 2.75) is 46.0 Å². The van der Waals surface area contributed by atoms with Gasteiger partial charge in [-0.05, 0) is 19.3 Å². The summed E-state index contributed by atoms with van der Waals surface area (Å²) in [6.45, 7) is 5.58. The highest BCUT2D eigenvalue weighted by Crippen LogP contribution is 2.33. The number of nitrogens with two attached hydrogens (primary N) is 1. The van der Waals surface area contributed by atoms with Gasteiger partial charge in [0.25, 0.3) is 5.91 Å². The molecule has 0 saturated carbocycles. The minimum Gasteiger partial charge on any atom is -0.364 e. The monoisotopic (exact) mass is 314 g/mol. The van der Waals surface area contributed by atoms with E-state index in [1.54, 1.807) is 13.1 Å². The lowest BCUT2D eigenvalue weighted by atomic mass is 9.77. The van der Waals surface area contributed by atoms with Gasteiger partial charge in [0, 0.05) is 23.9 Å². The third kappa shape index (κ3) is 3.04. The van der Waals surface area contributed by atoms with Crippen LogP contribution in [0.25, 0.3) is 0 Å². The van der Waals surface area contributed by atoms with Gasteiger partial charge in [-0.25, -0.2) is 0 Å². The predicted molar refractivity (Wildman–Crippen MR) is 85.6 cm³/mol. The van der Waals surface area contributed by atoms with E-state index >= 15 is 0 Å². The normalized spacial score (nSPS) is 21.1. The minimum atomic E-state index is -0.603. The van der Waals surface area contributed by atoms with Crippen molar-refractivity contribution < 1.29 is 9.59 Å². The van der Waals surface area contributed by atoms with Crippen molar-refractivity contribution in [3.63, 3.8) is 0 Å². The average molecular weight is 314 g/mol. The van der Waals surface area contributed by atoms with Crippen LogP contribution in [0.3, 0.4) is 0 Å². The maximum atomic E-state index is 12.6. The minimum absolute atomic E-state index is 0.138. The van der Waals surface area contributed by atoms with Crippen molar-refractivity contribution in [1.82, 2.24) is 9.78 Å². The highest BCUT2D eigenvalue weighted by Gasteiger charge is 2.32. The molecule has 0 fully saturated rings. The lowest BCUT2D eigenvalue weighted by Crippen LogP contribution is -2.26. The number of nitrogens with zero attached hydrogens (tertiary/aromatic N) is 3. The van der Waals surface area contributed by atoms with E-state index in [0.29, 0.717) is 24.2 Å². The molecule has 1 aromatic heterocycles. The fraction of sp³-hybridized carbons (Fsp3) is 0.529. The van der Waals surface area contributed by atoms with E-state index in [9.17, 15) is 14.9 Å². The van der Waals surface area contributed by atoms with Crippen molar-refractivity contribution in [2.24, 2.45) is 18.2 Å². The number of aryl methyl sites for hydroxylation is 1. The largest absolute Gasteiger partial charge is 0.364 e. The maximum absolute atomic E-state index is 12.6. The number of Topliss-reactive ketones (excluding diaryl/α,β-unsaturated/α-hetero) is 1. The third-order valence-corrected chi connectivity index (χ3v) is 4.47. The van der Waals surface area contributed by atoms with Crippen LogP contribution < -0.4 is 5.73 Å². The molecule has 6 nitrogen and oxygen atoms in total. The van der Waals surface area contributed by atoms with Crippen LogP contribution in [0.5, 0.6) is 0 Å². The first-order valence-electron chi connectivity index (χ1n) is 7.71. The van der Waals surface area contributed by atoms with E-state index in [4.69, 9.17) is 5.73 Å². The van der Waals surface area contributed by atoms with Crippen molar-refractivity contribution in [3.05, 3.63) is 28.6 Å². The Balaban J connectivity index is 2.63. The topological polar surface area (TPSA) is 102 Å². The highest BCUT2D eigenvalue weighted by molar-refractivity contribution is 6.02. The number of rotatable bonds is 1. The van der Waals surface area contributed by atoms with E-state index in [2.05, 4.69) is 5.10 Å². The van der Waals surface area contributed by atoms with Gasteiger partial charge in [-0.2, -0.15) is 10.4 Å². The van der Waals surface area contributed by atoms with Gasteiger partial charge in [-0.15, -0.1) is 0 Å². The molecule has 2 rings (SSSR count). The number of carbonyl (C=O) groups is 2. The molecule has 2 N–H and O–H groups in total. The quantitative estimate of drug-likeness (QED) is 0.856. The summed E-state index contributed by atoms with van der Waals surface area (Å²) in [6, 6.07) is 2.02. The van der Waals surface area contributed by atoms with Crippen LogP contribution in [0.4, 0.5) is 0 Å². The summed E-state index contributed by atoms with van der Waals surface area (Å²) in [4.78, 5) is 24.3. The number of hydrogen-bond acceptors (Lipinski definition) is 4. The molecule has 0 aromatic carbocycles. The summed E-state index contributed by atoms with van der Waals surface area (Å²) >= 11 is 0. The van der Waals surface area contributed by atoms with Gasteiger partial charge in [-0.1, -0.05) is 26.8 Å². The van der Waals surface area contributed by atoms with E-state index in [1.807, 2.05) is 26.8 Å². The Bertz CT molecular complexity index is 735. The van der Waals surface area contributed by atoms with Gasteiger partial charge >= 0.3 is 0 Å². The van der Waals surface area contributed by atoms with E-state index < -0.39 is 11.3 Å². The lowest BCUT2D eigenvalue weighted by molar-refractivity contribution is -0.123. The van der Waals surface area contributed by atoms with Gasteiger partial charge in [0.15, 0.2) is 5.78 Å². The predicted octanol–water partition coefficient (Wildman–Crippen LogP) is 2.00. The molecule has 1 atom stereocenters. The first-order chi connectivity index (χ1) is 10.7. The molecule has 1 aliphatic rings. The molecule has 122 valence electrons. The average Bonchev–Trinajstić information content (AvgIpc) is 2.79. The lowest BCUT2D eigenvalue weighted by Gasteiger charge is -2.24. The molecule has 1 unspecified atom stereocenters. The summed E-state index contributed by atoms with van der Waals surface area (Å²) in [5.74, 6) is -0.886. The van der Waals surface area contributed by atoms with Crippen molar-refractivity contribution >= 4 is 11.7 Å². The summed E-state index contributed by atoms with van der Waals surface area (Å²) in [7, 11) is 1.68. The molecule has 0 spiro atoms. The van der Waals surface area contributed by atoms with Crippen LogP contribution in [0, 0.1) is 16.7 Å². The number of aromatic nitrogens is 2. The molecular weight excluding hydrogens is 292 g/mol. The number of amides is 1. The van der Waals surface area contributed by atoms with E-state index in [1.165, 1.54) is 4.68 Å². The first-order valence-corrected chi connectivity index (χ1v) is 7.71. The third-order valence-electron chi connectivity index (χ3n) is 4.47. The molecule has 1 amide bonds. The van der Waals surface area contributed by atoms with Crippen LogP contribution in [0.2, 0.25) is 0 Å². The molecule has 23 heavy (non-hydrogen) atoms. The van der Waals surface area contributed by atoms with Gasteiger partial charge in [0.05, 0.1) is 11.3 Å². The molecule has 1 aromatic rings. The van der Waals surface area contributed by atoms with Crippen molar-refractivity contribution in [1.29, 1.82) is 5.26 Å². The van der Waals surface area contributed by atoms with Crippen molar-refractivity contribution in [3.8, 4) is 6.07 Å². The zero-order valence-electron chi connectivity index (χ0n) is 14.0. The molecule has 0 radical (unpaired) electrons. The zero-order chi connectivity index (χ0) is 17.4. The van der Waals surface area contributed by atoms with Crippen LogP contribution in [0.1, 0.15) is 61.3 Å². The van der Waals surface area contributed by atoms with Crippen LogP contribution in [0.15, 0.2) is 11.6 Å². The number of fused-ring (bicyclic) bond motifs is 1. The first kappa shape index (κ1) is 16.9. The maximum Gasteiger partial charge on any atom is 0.267 e. The number of carbonyl (C=O) groups excluding carboxylic acids is 2. The van der Waals surface area contributed by atoms with Crippen LogP contribution >= 0.6 is 0 Å². The Kier molecular flexibility index (Phi) is 4.42. The Morgan fingerprint density at radius 3 is 2.74 bits per heavy atom. The Morgan fingerprint density at radius 1 is 1.52 bits per heavy atom. The summed E-state index contributed by atoms with van der Waals surface area (Å²) < 4.78 is 1.49. The molecule has 1 aliphatic carbocycles. The second kappa shape index (κ2) is 5.99. The second-order valence-electron chi connectivity index (χ2n) is 6.75. The summed E-state index contributed by atoms with van der Waals surface area (Å²) in [5.41, 5.74) is 6.99. The van der Waals surface area contributed by atoms with Crippen molar-refractivity contribution in [2.75, 3.05) is 0 Å². The number of allylic oxidation sites excluding steroid dienone is 2. The second-order valence-corrected chi connectivity index (χ2v) is 6.75. The summed E-state index contributed by atoms with van der Waals surface area (Å²) in [6.07, 6.45) is 3.64. The smallest absolute Gasteiger partial charge is 0.267 e. The number of ketones is 1. The number of nitriles is 1. The molecular formula is C17H22N4O2. The fourth-order valence-corrected chi connectivity index (χ4v) is 3.19. The Hall–Kier alpha value is -2.42. The van der Waals surface area contributed by atoms with Gasteiger partial charge in [-0.3, -0.25) is 14.3 Å². The van der Waals surface area contributed by atoms with Crippen LogP contribution in [-0.4, -0.2) is 21.5 Å². The highest BCUT2D eigenvalue weighted by atomic mass is 16.1. The van der Waals surface area contributed by atoms with E-state index in [0.717, 1.165) is 12.0 Å². The van der Waals surface area contributed by atoms with Gasteiger partial charge in [0.2, 0.25) is 0 Å². The number of hydrogen-bond donors (Lipinski definition) is 1. The fourth-order valence-electron chi connectivity index (χ4n) is 3.19.